The van der Waals surface area contributed by atoms with Crippen molar-refractivity contribution in [3.05, 3.63) is 37.1 Å². The molecule has 0 N–H and O–H groups in total. The summed E-state index contributed by atoms with van der Waals surface area (Å²) in [6, 6.07) is 2.00. The van der Waals surface area contributed by atoms with Crippen LogP contribution in [0.4, 0.5) is 0 Å². The van der Waals surface area contributed by atoms with E-state index >= 15 is 0 Å². The van der Waals surface area contributed by atoms with Gasteiger partial charge in [-0.1, -0.05) is 0 Å². The van der Waals surface area contributed by atoms with Gasteiger partial charge in [0.2, 0.25) is 0 Å². The van der Waals surface area contributed by atoms with Crippen LogP contribution in [-0.2, 0) is 19.5 Å². The first-order valence-corrected chi connectivity index (χ1v) is 7.31. The van der Waals surface area contributed by atoms with Gasteiger partial charge in [-0.05, 0) is 40.2 Å². The highest BCUT2D eigenvalue weighted by atomic mass is 79.9. The third-order valence-corrected chi connectivity index (χ3v) is 4.93. The predicted octanol–water partition coefficient (Wildman–Crippen LogP) is 2.25. The van der Waals surface area contributed by atoms with Crippen molar-refractivity contribution in [3.8, 4) is 0 Å². The van der Waals surface area contributed by atoms with Crippen LogP contribution in [0.1, 0.15) is 23.5 Å². The van der Waals surface area contributed by atoms with Gasteiger partial charge in [-0.2, -0.15) is 5.10 Å². The minimum absolute atomic E-state index is 0.0278. The van der Waals surface area contributed by atoms with E-state index in [1.807, 2.05) is 16.0 Å². The molecule has 0 amide bonds. The van der Waals surface area contributed by atoms with Crippen LogP contribution < -0.4 is 5.69 Å². The quantitative estimate of drug-likeness (QED) is 0.853. The zero-order chi connectivity index (χ0) is 11.8. The highest BCUT2D eigenvalue weighted by molar-refractivity contribution is 9.10. The first-order valence-electron chi connectivity index (χ1n) is 5.64. The molecular formula is C11H12BrN3OS. The van der Waals surface area contributed by atoms with Gasteiger partial charge in [0.25, 0.3) is 0 Å². The molecular weight excluding hydrogens is 302 g/mol. The lowest BCUT2D eigenvalue weighted by Gasteiger charge is -2.09. The third kappa shape index (κ3) is 1.99. The minimum atomic E-state index is 0.0278. The van der Waals surface area contributed by atoms with Crippen LogP contribution in [0.15, 0.2) is 20.7 Å². The summed E-state index contributed by atoms with van der Waals surface area (Å²) in [7, 11) is 0. The Labute approximate surface area is 111 Å². The van der Waals surface area contributed by atoms with E-state index in [0.29, 0.717) is 6.54 Å². The topological polar surface area (TPSA) is 39.8 Å². The van der Waals surface area contributed by atoms with E-state index in [2.05, 4.69) is 21.0 Å². The molecule has 1 aliphatic heterocycles. The molecule has 0 saturated heterocycles. The Balaban J connectivity index is 1.97. The minimum Gasteiger partial charge on any atom is -0.279 e. The number of thiophene rings is 1. The van der Waals surface area contributed by atoms with Crippen LogP contribution in [0.5, 0.6) is 0 Å². The second-order valence-electron chi connectivity index (χ2n) is 4.16. The second-order valence-corrected chi connectivity index (χ2v) is 6.01. The van der Waals surface area contributed by atoms with Gasteiger partial charge in [0.15, 0.2) is 0 Å². The van der Waals surface area contributed by atoms with E-state index in [0.717, 1.165) is 41.0 Å². The molecule has 6 heteroatoms. The fraction of sp³-hybridized carbons (Fsp3) is 0.455. The zero-order valence-electron chi connectivity index (χ0n) is 9.23. The standard InChI is InChI=1S/C11H12BrN3OS/c12-8-4-6-17-9(8)7-15-11(16)14-5-2-1-3-10(14)13-15/h4,6H,1-3,5,7H2. The van der Waals surface area contributed by atoms with Crippen molar-refractivity contribution < 1.29 is 0 Å². The Morgan fingerprint density at radius 3 is 3.06 bits per heavy atom. The molecule has 0 saturated carbocycles. The fourth-order valence-corrected chi connectivity index (χ4v) is 3.58. The summed E-state index contributed by atoms with van der Waals surface area (Å²) in [5.74, 6) is 0.939. The summed E-state index contributed by atoms with van der Waals surface area (Å²) in [6.45, 7) is 1.39. The normalized spacial score (nSPS) is 14.9. The van der Waals surface area contributed by atoms with Crippen molar-refractivity contribution in [2.24, 2.45) is 0 Å². The lowest BCUT2D eigenvalue weighted by atomic mass is 10.2. The van der Waals surface area contributed by atoms with Gasteiger partial charge in [-0.15, -0.1) is 11.3 Å². The van der Waals surface area contributed by atoms with Gasteiger partial charge in [0, 0.05) is 22.3 Å². The van der Waals surface area contributed by atoms with Gasteiger partial charge in [0.05, 0.1) is 6.54 Å². The molecule has 0 atom stereocenters. The van der Waals surface area contributed by atoms with Crippen LogP contribution in [0.25, 0.3) is 0 Å². The Morgan fingerprint density at radius 1 is 1.47 bits per heavy atom. The lowest BCUT2D eigenvalue weighted by molar-refractivity contribution is 0.511. The van der Waals surface area contributed by atoms with Crippen LogP contribution in [0.2, 0.25) is 0 Å². The summed E-state index contributed by atoms with van der Waals surface area (Å²) < 4.78 is 4.45. The molecule has 4 nitrogen and oxygen atoms in total. The van der Waals surface area contributed by atoms with Gasteiger partial charge in [-0.25, -0.2) is 9.48 Å². The average Bonchev–Trinajstić information content (AvgIpc) is 2.87. The molecule has 0 unspecified atom stereocenters. The molecule has 2 aromatic rings. The highest BCUT2D eigenvalue weighted by Crippen LogP contribution is 2.23. The van der Waals surface area contributed by atoms with Gasteiger partial charge < -0.3 is 0 Å². The molecule has 0 fully saturated rings. The smallest absolute Gasteiger partial charge is 0.279 e. The van der Waals surface area contributed by atoms with Crippen LogP contribution in [0.3, 0.4) is 0 Å². The van der Waals surface area contributed by atoms with Crippen molar-refractivity contribution in [3.63, 3.8) is 0 Å². The fourth-order valence-electron chi connectivity index (χ4n) is 2.13. The van der Waals surface area contributed by atoms with Gasteiger partial charge in [-0.3, -0.25) is 4.57 Å². The summed E-state index contributed by atoms with van der Waals surface area (Å²) in [6.07, 6.45) is 3.15. The number of nitrogens with zero attached hydrogens (tertiary/aromatic N) is 3. The molecule has 17 heavy (non-hydrogen) atoms. The van der Waals surface area contributed by atoms with E-state index in [1.165, 1.54) is 0 Å². The molecule has 1 aliphatic rings. The van der Waals surface area contributed by atoms with E-state index in [-0.39, 0.29) is 5.69 Å². The first-order chi connectivity index (χ1) is 8.25. The Hall–Kier alpha value is -0.880. The summed E-state index contributed by atoms with van der Waals surface area (Å²) in [5, 5.41) is 6.43. The number of rotatable bonds is 2. The van der Waals surface area contributed by atoms with Crippen molar-refractivity contribution in [2.45, 2.75) is 32.4 Å². The summed E-state index contributed by atoms with van der Waals surface area (Å²) in [5.41, 5.74) is 0.0278. The molecule has 0 bridgehead atoms. The largest absolute Gasteiger partial charge is 0.346 e. The predicted molar refractivity (Wildman–Crippen MR) is 70.5 cm³/mol. The monoisotopic (exact) mass is 313 g/mol. The first kappa shape index (κ1) is 11.2. The molecule has 3 rings (SSSR count). The summed E-state index contributed by atoms with van der Waals surface area (Å²) in [4.78, 5) is 13.2. The maximum atomic E-state index is 12.1. The molecule has 0 spiro atoms. The number of aromatic nitrogens is 3. The lowest BCUT2D eigenvalue weighted by Crippen LogP contribution is -2.27. The average molecular weight is 314 g/mol. The van der Waals surface area contributed by atoms with Crippen molar-refractivity contribution in [1.29, 1.82) is 0 Å². The molecule has 90 valence electrons. The maximum Gasteiger partial charge on any atom is 0.346 e. The van der Waals surface area contributed by atoms with Crippen LogP contribution in [0, 0.1) is 0 Å². The molecule has 0 radical (unpaired) electrons. The van der Waals surface area contributed by atoms with E-state index in [4.69, 9.17) is 0 Å². The number of hydrogen-bond acceptors (Lipinski definition) is 3. The van der Waals surface area contributed by atoms with Gasteiger partial charge in [0.1, 0.15) is 5.82 Å². The molecule has 3 heterocycles. The maximum absolute atomic E-state index is 12.1. The van der Waals surface area contributed by atoms with Crippen LogP contribution in [-0.4, -0.2) is 14.3 Å². The Bertz CT molecular complexity index is 598. The van der Waals surface area contributed by atoms with Crippen molar-refractivity contribution in [1.82, 2.24) is 14.3 Å². The van der Waals surface area contributed by atoms with Crippen LogP contribution >= 0.6 is 27.3 Å². The molecule has 0 aliphatic carbocycles. The SMILES string of the molecule is O=c1n(Cc2sccc2Br)nc2n1CCCC2. The molecule has 2 aromatic heterocycles. The summed E-state index contributed by atoms with van der Waals surface area (Å²) >= 11 is 5.12. The van der Waals surface area contributed by atoms with E-state index in [9.17, 15) is 4.79 Å². The number of fused-ring (bicyclic) bond motifs is 1. The third-order valence-electron chi connectivity index (χ3n) is 3.02. The number of hydrogen-bond donors (Lipinski definition) is 0. The number of halogens is 1. The van der Waals surface area contributed by atoms with E-state index < -0.39 is 0 Å². The van der Waals surface area contributed by atoms with Gasteiger partial charge >= 0.3 is 5.69 Å². The highest BCUT2D eigenvalue weighted by Gasteiger charge is 2.17. The van der Waals surface area contributed by atoms with Crippen molar-refractivity contribution in [2.75, 3.05) is 0 Å². The second kappa shape index (κ2) is 4.42. The number of aryl methyl sites for hydroxylation is 1. The van der Waals surface area contributed by atoms with E-state index in [1.54, 1.807) is 16.0 Å². The zero-order valence-corrected chi connectivity index (χ0v) is 11.6. The van der Waals surface area contributed by atoms with Crippen molar-refractivity contribution >= 4 is 27.3 Å². The molecule has 0 aromatic carbocycles. The Kier molecular flexibility index (Phi) is 2.92. The Morgan fingerprint density at radius 2 is 2.35 bits per heavy atom.